The van der Waals surface area contributed by atoms with Crippen molar-refractivity contribution in [3.63, 3.8) is 0 Å². The number of benzene rings is 1. The summed E-state index contributed by atoms with van der Waals surface area (Å²) in [5.41, 5.74) is 9.82. The van der Waals surface area contributed by atoms with Crippen LogP contribution in [-0.4, -0.2) is 6.04 Å². The zero-order valence-electron chi connectivity index (χ0n) is 8.80. The Labute approximate surface area is 81.0 Å². The Bertz CT molecular complexity index is 256. The molecule has 2 N–H and O–H groups in total. The SMILES string of the molecule is Cc1cc(C)cc(CC[C@@H](C)N)c1. The number of rotatable bonds is 3. The van der Waals surface area contributed by atoms with Gasteiger partial charge in [-0.05, 0) is 39.2 Å². The molecule has 0 unspecified atom stereocenters. The van der Waals surface area contributed by atoms with E-state index in [0.717, 1.165) is 12.8 Å². The molecule has 0 bridgehead atoms. The Morgan fingerprint density at radius 2 is 1.69 bits per heavy atom. The smallest absolute Gasteiger partial charge is 0.00136 e. The lowest BCUT2D eigenvalue weighted by atomic mass is 10.0. The van der Waals surface area contributed by atoms with Crippen molar-refractivity contribution in [1.82, 2.24) is 0 Å². The molecule has 1 heteroatoms. The predicted molar refractivity (Wildman–Crippen MR) is 57.9 cm³/mol. The lowest BCUT2D eigenvalue weighted by Gasteiger charge is -2.06. The second kappa shape index (κ2) is 4.43. The molecule has 1 atom stereocenters. The Morgan fingerprint density at radius 3 is 2.15 bits per heavy atom. The van der Waals surface area contributed by atoms with Gasteiger partial charge in [0, 0.05) is 6.04 Å². The van der Waals surface area contributed by atoms with Crippen LogP contribution in [-0.2, 0) is 6.42 Å². The molecule has 0 saturated heterocycles. The van der Waals surface area contributed by atoms with Crippen molar-refractivity contribution in [3.05, 3.63) is 34.9 Å². The highest BCUT2D eigenvalue weighted by Gasteiger charge is 1.98. The van der Waals surface area contributed by atoms with E-state index in [0.29, 0.717) is 6.04 Å². The first-order valence-corrected chi connectivity index (χ1v) is 4.90. The highest BCUT2D eigenvalue weighted by molar-refractivity contribution is 5.28. The second-order valence-electron chi connectivity index (χ2n) is 4.01. The highest BCUT2D eigenvalue weighted by atomic mass is 14.6. The molecule has 72 valence electrons. The maximum atomic E-state index is 5.72. The lowest BCUT2D eigenvalue weighted by molar-refractivity contribution is 0.665. The van der Waals surface area contributed by atoms with E-state index in [-0.39, 0.29) is 0 Å². The van der Waals surface area contributed by atoms with E-state index in [9.17, 15) is 0 Å². The van der Waals surface area contributed by atoms with E-state index in [4.69, 9.17) is 5.73 Å². The Balaban J connectivity index is 2.66. The summed E-state index contributed by atoms with van der Waals surface area (Å²) in [6, 6.07) is 7.00. The van der Waals surface area contributed by atoms with E-state index >= 15 is 0 Å². The van der Waals surface area contributed by atoms with E-state index < -0.39 is 0 Å². The minimum Gasteiger partial charge on any atom is -0.328 e. The van der Waals surface area contributed by atoms with E-state index in [1.54, 1.807) is 0 Å². The van der Waals surface area contributed by atoms with Gasteiger partial charge in [-0.3, -0.25) is 0 Å². The fourth-order valence-electron chi connectivity index (χ4n) is 1.61. The van der Waals surface area contributed by atoms with Gasteiger partial charge >= 0.3 is 0 Å². The van der Waals surface area contributed by atoms with Crippen LogP contribution in [0.3, 0.4) is 0 Å². The van der Waals surface area contributed by atoms with Crippen LogP contribution >= 0.6 is 0 Å². The van der Waals surface area contributed by atoms with E-state index in [1.807, 2.05) is 0 Å². The number of hydrogen-bond acceptors (Lipinski definition) is 1. The molecule has 0 radical (unpaired) electrons. The fraction of sp³-hybridized carbons (Fsp3) is 0.500. The van der Waals surface area contributed by atoms with Crippen molar-refractivity contribution in [2.75, 3.05) is 0 Å². The van der Waals surface area contributed by atoms with Crippen LogP contribution in [0.4, 0.5) is 0 Å². The van der Waals surface area contributed by atoms with Gasteiger partial charge in [-0.2, -0.15) is 0 Å². The first kappa shape index (κ1) is 10.3. The van der Waals surface area contributed by atoms with Gasteiger partial charge in [0.15, 0.2) is 0 Å². The van der Waals surface area contributed by atoms with Crippen LogP contribution in [0.2, 0.25) is 0 Å². The van der Waals surface area contributed by atoms with Crippen molar-refractivity contribution in [1.29, 1.82) is 0 Å². The third-order valence-corrected chi connectivity index (χ3v) is 2.17. The second-order valence-corrected chi connectivity index (χ2v) is 4.01. The van der Waals surface area contributed by atoms with E-state index in [1.165, 1.54) is 16.7 Å². The largest absolute Gasteiger partial charge is 0.328 e. The molecular formula is C12H19N. The molecule has 0 amide bonds. The number of aryl methyl sites for hydroxylation is 3. The van der Waals surface area contributed by atoms with Crippen molar-refractivity contribution < 1.29 is 0 Å². The highest BCUT2D eigenvalue weighted by Crippen LogP contribution is 2.11. The summed E-state index contributed by atoms with van der Waals surface area (Å²) >= 11 is 0. The standard InChI is InChI=1S/C12H19N/c1-9-6-10(2)8-12(7-9)5-4-11(3)13/h6-8,11H,4-5,13H2,1-3H3/t11-/m1/s1. The normalized spacial score (nSPS) is 12.9. The summed E-state index contributed by atoms with van der Waals surface area (Å²) in [5, 5.41) is 0. The van der Waals surface area contributed by atoms with Crippen molar-refractivity contribution in [2.45, 2.75) is 39.7 Å². The Kier molecular flexibility index (Phi) is 3.49. The van der Waals surface area contributed by atoms with Crippen LogP contribution in [0.1, 0.15) is 30.0 Å². The summed E-state index contributed by atoms with van der Waals surface area (Å²) in [6.07, 6.45) is 2.17. The molecule has 0 saturated carbocycles. The summed E-state index contributed by atoms with van der Waals surface area (Å²) in [5.74, 6) is 0. The average Bonchev–Trinajstić information content (AvgIpc) is 1.99. The minimum absolute atomic E-state index is 0.306. The summed E-state index contributed by atoms with van der Waals surface area (Å²) in [4.78, 5) is 0. The monoisotopic (exact) mass is 177 g/mol. The quantitative estimate of drug-likeness (QED) is 0.754. The molecule has 13 heavy (non-hydrogen) atoms. The molecule has 0 fully saturated rings. The van der Waals surface area contributed by atoms with Gasteiger partial charge in [0.1, 0.15) is 0 Å². The number of nitrogens with two attached hydrogens (primary N) is 1. The molecule has 0 aliphatic rings. The lowest BCUT2D eigenvalue weighted by Crippen LogP contribution is -2.15. The van der Waals surface area contributed by atoms with Crippen LogP contribution < -0.4 is 5.73 Å². The zero-order chi connectivity index (χ0) is 9.84. The Morgan fingerprint density at radius 1 is 1.15 bits per heavy atom. The number of hydrogen-bond donors (Lipinski definition) is 1. The zero-order valence-corrected chi connectivity index (χ0v) is 8.80. The third kappa shape index (κ3) is 3.60. The van der Waals surface area contributed by atoms with Gasteiger partial charge in [0.05, 0.1) is 0 Å². The van der Waals surface area contributed by atoms with Gasteiger partial charge in [0.25, 0.3) is 0 Å². The van der Waals surface area contributed by atoms with Crippen LogP contribution in [0, 0.1) is 13.8 Å². The fourth-order valence-corrected chi connectivity index (χ4v) is 1.61. The van der Waals surface area contributed by atoms with Gasteiger partial charge in [0.2, 0.25) is 0 Å². The Hall–Kier alpha value is -0.820. The van der Waals surface area contributed by atoms with Gasteiger partial charge in [-0.25, -0.2) is 0 Å². The molecule has 0 aliphatic heterocycles. The topological polar surface area (TPSA) is 26.0 Å². The first-order chi connectivity index (χ1) is 6.08. The van der Waals surface area contributed by atoms with Crippen molar-refractivity contribution >= 4 is 0 Å². The summed E-state index contributed by atoms with van der Waals surface area (Å²) in [7, 11) is 0. The van der Waals surface area contributed by atoms with Gasteiger partial charge in [-0.1, -0.05) is 29.3 Å². The molecular weight excluding hydrogens is 158 g/mol. The summed E-state index contributed by atoms with van der Waals surface area (Å²) in [6.45, 7) is 6.34. The van der Waals surface area contributed by atoms with Crippen LogP contribution in [0.15, 0.2) is 18.2 Å². The van der Waals surface area contributed by atoms with Crippen molar-refractivity contribution in [3.8, 4) is 0 Å². The molecule has 0 aromatic heterocycles. The molecule has 1 aromatic carbocycles. The molecule has 1 nitrogen and oxygen atoms in total. The molecule has 0 heterocycles. The minimum atomic E-state index is 0.306. The molecule has 1 rings (SSSR count). The molecule has 0 spiro atoms. The maximum absolute atomic E-state index is 5.72. The third-order valence-electron chi connectivity index (χ3n) is 2.17. The van der Waals surface area contributed by atoms with Crippen LogP contribution in [0.5, 0.6) is 0 Å². The van der Waals surface area contributed by atoms with Gasteiger partial charge in [-0.15, -0.1) is 0 Å². The molecule has 1 aromatic rings. The van der Waals surface area contributed by atoms with Gasteiger partial charge < -0.3 is 5.73 Å². The van der Waals surface area contributed by atoms with Crippen molar-refractivity contribution in [2.24, 2.45) is 5.73 Å². The first-order valence-electron chi connectivity index (χ1n) is 4.90. The van der Waals surface area contributed by atoms with E-state index in [2.05, 4.69) is 39.0 Å². The predicted octanol–water partition coefficient (Wildman–Crippen LogP) is 2.58. The summed E-state index contributed by atoms with van der Waals surface area (Å²) < 4.78 is 0. The maximum Gasteiger partial charge on any atom is 0.00136 e. The van der Waals surface area contributed by atoms with Crippen LogP contribution in [0.25, 0.3) is 0 Å². The average molecular weight is 177 g/mol. The molecule has 0 aliphatic carbocycles.